The molecule has 4 aromatic rings. The van der Waals surface area contributed by atoms with Crippen LogP contribution in [0.2, 0.25) is 0 Å². The number of rotatable bonds is 2. The van der Waals surface area contributed by atoms with E-state index in [1.54, 1.807) is 0 Å². The monoisotopic (exact) mass is 614 g/mol. The highest BCUT2D eigenvalue weighted by Crippen LogP contribution is 2.41. The molecule has 6 heteroatoms. The highest BCUT2D eigenvalue weighted by Gasteiger charge is 2.25. The van der Waals surface area contributed by atoms with Gasteiger partial charge in [-0.05, 0) is 77.6 Å². The van der Waals surface area contributed by atoms with Crippen molar-refractivity contribution in [2.24, 2.45) is 0 Å². The van der Waals surface area contributed by atoms with Gasteiger partial charge in [-0.15, -0.1) is 0 Å². The first-order valence-electron chi connectivity index (χ1n) is 15.7. The van der Waals surface area contributed by atoms with E-state index in [-0.39, 0.29) is 72.4 Å². The highest BCUT2D eigenvalue weighted by atomic mass is 16.3. The van der Waals surface area contributed by atoms with Gasteiger partial charge in [0.25, 0.3) is 0 Å². The number of hydrogen-bond donors (Lipinski definition) is 4. The first-order chi connectivity index (χ1) is 21.6. The van der Waals surface area contributed by atoms with E-state index in [0.29, 0.717) is 44.5 Å². The van der Waals surface area contributed by atoms with Crippen molar-refractivity contribution in [3.63, 3.8) is 0 Å². The molecule has 0 spiro atoms. The molecule has 1 aliphatic carbocycles. The molecule has 0 saturated carbocycles. The van der Waals surface area contributed by atoms with E-state index in [4.69, 9.17) is 0 Å². The van der Waals surface area contributed by atoms with Crippen LogP contribution in [0.15, 0.2) is 48.5 Å². The Morgan fingerprint density at radius 1 is 0.457 bits per heavy atom. The summed E-state index contributed by atoms with van der Waals surface area (Å²) in [4.78, 5) is 0. The van der Waals surface area contributed by atoms with E-state index in [1.165, 1.54) is 0 Å². The normalized spacial score (nSPS) is 13.1. The lowest BCUT2D eigenvalue weighted by Crippen LogP contribution is -2.13. The van der Waals surface area contributed by atoms with Gasteiger partial charge in [-0.1, -0.05) is 90.1 Å². The molecule has 4 aromatic carbocycles. The molecule has 236 valence electrons. The van der Waals surface area contributed by atoms with Gasteiger partial charge in [-0.25, -0.2) is 0 Å². The fourth-order valence-corrected chi connectivity index (χ4v) is 6.34. The van der Waals surface area contributed by atoms with E-state index in [1.807, 2.05) is 48.5 Å². The van der Waals surface area contributed by atoms with E-state index in [2.05, 4.69) is 53.7 Å². The van der Waals surface area contributed by atoms with Crippen LogP contribution < -0.4 is 0 Å². The molecule has 0 radical (unpaired) electrons. The molecule has 6 nitrogen and oxygen atoms in total. The first kappa shape index (κ1) is 32.5. The molecule has 0 aliphatic heterocycles. The van der Waals surface area contributed by atoms with Crippen molar-refractivity contribution in [2.45, 2.75) is 90.9 Å². The third-order valence-electron chi connectivity index (χ3n) is 9.01. The van der Waals surface area contributed by atoms with Gasteiger partial charge >= 0.3 is 0 Å². The minimum Gasteiger partial charge on any atom is -0.507 e. The van der Waals surface area contributed by atoms with E-state index >= 15 is 0 Å². The number of nitrogens with zero attached hydrogens (tertiary/aromatic N) is 2. The minimum absolute atomic E-state index is 0.0713. The molecule has 4 N–H and O–H groups in total. The van der Waals surface area contributed by atoms with Gasteiger partial charge in [0.05, 0.1) is 25.0 Å². The molecule has 0 aromatic heterocycles. The number of fused-ring (bicyclic) bond motifs is 8. The zero-order chi connectivity index (χ0) is 33.6. The maximum atomic E-state index is 11.7. The predicted octanol–water partition coefficient (Wildman–Crippen LogP) is 7.91. The van der Waals surface area contributed by atoms with Crippen LogP contribution in [-0.2, 0) is 49.4 Å². The lowest BCUT2D eigenvalue weighted by Gasteiger charge is -2.25. The molecule has 0 fully saturated rings. The van der Waals surface area contributed by atoms with Crippen LogP contribution in [0.3, 0.4) is 0 Å². The second-order valence-corrected chi connectivity index (χ2v) is 14.7. The third-order valence-corrected chi connectivity index (χ3v) is 9.01. The van der Waals surface area contributed by atoms with E-state index < -0.39 is 0 Å². The summed E-state index contributed by atoms with van der Waals surface area (Å²) in [5.41, 5.74) is 7.77. The van der Waals surface area contributed by atoms with Crippen LogP contribution in [0.25, 0.3) is 0 Å². The largest absolute Gasteiger partial charge is 0.507 e. The molecular formula is C40H42N2O4. The van der Waals surface area contributed by atoms with Crippen molar-refractivity contribution in [3.05, 3.63) is 115 Å². The summed E-state index contributed by atoms with van der Waals surface area (Å²) in [7, 11) is 0. The van der Waals surface area contributed by atoms with Crippen LogP contribution in [0.1, 0.15) is 108 Å². The second-order valence-electron chi connectivity index (χ2n) is 14.7. The Labute approximate surface area is 271 Å². The Morgan fingerprint density at radius 3 is 0.870 bits per heavy atom. The summed E-state index contributed by atoms with van der Waals surface area (Å²) in [6.07, 6.45) is 1.16. The van der Waals surface area contributed by atoms with E-state index in [9.17, 15) is 30.9 Å². The lowest BCUT2D eigenvalue weighted by molar-refractivity contribution is 0.449. The number of phenols is 4. The summed E-state index contributed by atoms with van der Waals surface area (Å²) >= 11 is 0. The van der Waals surface area contributed by atoms with Crippen molar-refractivity contribution < 1.29 is 20.4 Å². The standard InChI is InChI=1S/C40H42N2O4/c1-39(2,3)33-19-29-15-25-11-23(7-9-41)13-27(35(25)43)17-31-21-34(40(4,5)6)22-32(38(31)46)18-28-14-24(8-10-42)12-26(36(28)44)16-30(20-33)37(29)45/h11-14,19-22,43-46H,7-8,15-18H2,1-6H3. The van der Waals surface area contributed by atoms with Gasteiger partial charge in [0, 0.05) is 25.7 Å². The van der Waals surface area contributed by atoms with Crippen molar-refractivity contribution in [1.29, 1.82) is 10.5 Å². The molecule has 0 unspecified atom stereocenters. The third kappa shape index (κ3) is 6.53. The molecular weight excluding hydrogens is 572 g/mol. The zero-order valence-electron chi connectivity index (χ0n) is 27.5. The van der Waals surface area contributed by atoms with Crippen molar-refractivity contribution in [1.82, 2.24) is 0 Å². The smallest absolute Gasteiger partial charge is 0.122 e. The average molecular weight is 615 g/mol. The minimum atomic E-state index is -0.255. The summed E-state index contributed by atoms with van der Waals surface area (Å²) in [6, 6.07) is 19.5. The maximum Gasteiger partial charge on any atom is 0.122 e. The van der Waals surface area contributed by atoms with Gasteiger partial charge in [-0.3, -0.25) is 0 Å². The van der Waals surface area contributed by atoms with Crippen molar-refractivity contribution in [2.75, 3.05) is 0 Å². The number of nitriles is 2. The Kier molecular flexibility index (Phi) is 8.54. The van der Waals surface area contributed by atoms with Crippen molar-refractivity contribution in [3.8, 4) is 35.1 Å². The van der Waals surface area contributed by atoms with Crippen LogP contribution in [0.4, 0.5) is 0 Å². The Morgan fingerprint density at radius 2 is 0.674 bits per heavy atom. The number of aromatic hydroxyl groups is 4. The molecule has 46 heavy (non-hydrogen) atoms. The molecule has 0 heterocycles. The molecule has 8 bridgehead atoms. The lowest BCUT2D eigenvalue weighted by atomic mass is 9.81. The summed E-state index contributed by atoms with van der Waals surface area (Å²) in [5.74, 6) is 0.302. The van der Waals surface area contributed by atoms with Gasteiger partial charge < -0.3 is 20.4 Å². The van der Waals surface area contributed by atoms with Crippen LogP contribution in [-0.4, -0.2) is 20.4 Å². The fraction of sp³-hybridized carbons (Fsp3) is 0.350. The quantitative estimate of drug-likeness (QED) is 0.160. The topological polar surface area (TPSA) is 128 Å². The Hall–Kier alpha value is -4.94. The first-order valence-corrected chi connectivity index (χ1v) is 15.7. The van der Waals surface area contributed by atoms with E-state index in [0.717, 1.165) is 22.3 Å². The van der Waals surface area contributed by atoms with Gasteiger partial charge in [0.2, 0.25) is 0 Å². The summed E-state index contributed by atoms with van der Waals surface area (Å²) in [5, 5.41) is 65.8. The predicted molar refractivity (Wildman–Crippen MR) is 180 cm³/mol. The van der Waals surface area contributed by atoms with Crippen LogP contribution in [0.5, 0.6) is 23.0 Å². The summed E-state index contributed by atoms with van der Waals surface area (Å²) in [6.45, 7) is 12.6. The van der Waals surface area contributed by atoms with Gasteiger partial charge in [-0.2, -0.15) is 10.5 Å². The SMILES string of the molecule is CC(C)(C)c1cc2c(O)c(c1)Cc1cc(CC#N)cc(c1O)Cc1cc(C(C)(C)C)cc(c1O)Cc1cc(CC#N)cc(c1O)C2. The average Bonchev–Trinajstić information content (AvgIpc) is 2.96. The number of hydrogen-bond acceptors (Lipinski definition) is 6. The fourth-order valence-electron chi connectivity index (χ4n) is 6.34. The Bertz CT molecular complexity index is 1690. The number of benzene rings is 4. The van der Waals surface area contributed by atoms with Crippen LogP contribution in [0, 0.1) is 22.7 Å². The van der Waals surface area contributed by atoms with Crippen molar-refractivity contribution >= 4 is 0 Å². The molecule has 0 amide bonds. The second kappa shape index (κ2) is 12.1. The molecule has 0 atom stereocenters. The van der Waals surface area contributed by atoms with Gasteiger partial charge in [0.15, 0.2) is 0 Å². The van der Waals surface area contributed by atoms with Gasteiger partial charge in [0.1, 0.15) is 23.0 Å². The molecule has 5 rings (SSSR count). The zero-order valence-corrected chi connectivity index (χ0v) is 27.5. The maximum absolute atomic E-state index is 11.7. The van der Waals surface area contributed by atoms with Crippen LogP contribution >= 0.6 is 0 Å². The molecule has 1 aliphatic rings. The highest BCUT2D eigenvalue weighted by molar-refractivity contribution is 5.58. The number of phenolic OH excluding ortho intramolecular Hbond substituents is 4. The Balaban J connectivity index is 1.85. The molecule has 0 saturated heterocycles. The summed E-state index contributed by atoms with van der Waals surface area (Å²) < 4.78 is 0.